The van der Waals surface area contributed by atoms with Crippen LogP contribution in [0.15, 0.2) is 46.3 Å². The van der Waals surface area contributed by atoms with Crippen LogP contribution < -0.4 is 10.6 Å². The van der Waals surface area contributed by atoms with E-state index in [9.17, 15) is 8.42 Å². The summed E-state index contributed by atoms with van der Waals surface area (Å²) in [7, 11) is -3.48. The van der Waals surface area contributed by atoms with E-state index in [0.717, 1.165) is 31.4 Å². The lowest BCUT2D eigenvalue weighted by atomic mass is 10.2. The van der Waals surface area contributed by atoms with Crippen LogP contribution in [0.25, 0.3) is 0 Å². The van der Waals surface area contributed by atoms with Gasteiger partial charge in [-0.1, -0.05) is 24.6 Å². The standard InChI is InChI=1S/C21H30N4O2S2.HI/c1-3-22-21(24-16-19-12-11-17(2)28-19)23-15-18-9-5-6-10-20(18)29(26,27)25-13-7-4-8-14-25;/h5-6,9-12H,3-4,7-8,13-16H2,1-2H3,(H2,22,23,24);1H. The predicted molar refractivity (Wildman–Crippen MR) is 135 cm³/mol. The second-order valence-electron chi connectivity index (χ2n) is 7.13. The number of nitrogens with zero attached hydrogens (tertiary/aromatic N) is 2. The summed E-state index contributed by atoms with van der Waals surface area (Å²) in [6.07, 6.45) is 2.95. The molecule has 1 aliphatic rings. The molecule has 0 amide bonds. The number of aryl methyl sites for hydroxylation is 1. The predicted octanol–water partition coefficient (Wildman–Crippen LogP) is 4.10. The van der Waals surface area contributed by atoms with Crippen molar-refractivity contribution in [1.29, 1.82) is 0 Å². The van der Waals surface area contributed by atoms with Crippen molar-refractivity contribution in [3.8, 4) is 0 Å². The number of hydrogen-bond acceptors (Lipinski definition) is 4. The zero-order valence-electron chi connectivity index (χ0n) is 17.6. The van der Waals surface area contributed by atoms with Crippen LogP contribution in [0.5, 0.6) is 0 Å². The van der Waals surface area contributed by atoms with Crippen molar-refractivity contribution >= 4 is 51.3 Å². The Kier molecular flexibility index (Phi) is 10.1. The van der Waals surface area contributed by atoms with E-state index < -0.39 is 10.0 Å². The van der Waals surface area contributed by atoms with Gasteiger partial charge in [-0.15, -0.1) is 35.3 Å². The number of thiophene rings is 1. The maximum absolute atomic E-state index is 13.1. The van der Waals surface area contributed by atoms with Gasteiger partial charge in [0.2, 0.25) is 10.0 Å². The lowest BCUT2D eigenvalue weighted by molar-refractivity contribution is 0.346. The molecule has 1 saturated heterocycles. The molecule has 1 aliphatic heterocycles. The van der Waals surface area contributed by atoms with E-state index in [1.54, 1.807) is 27.8 Å². The molecule has 2 aromatic rings. The highest BCUT2D eigenvalue weighted by Gasteiger charge is 2.27. The normalized spacial score (nSPS) is 15.5. The van der Waals surface area contributed by atoms with Crippen molar-refractivity contribution in [3.63, 3.8) is 0 Å². The Morgan fingerprint density at radius 1 is 1.10 bits per heavy atom. The zero-order chi connectivity index (χ0) is 20.7. The Labute approximate surface area is 201 Å². The lowest BCUT2D eigenvalue weighted by Gasteiger charge is -2.26. The number of benzene rings is 1. The van der Waals surface area contributed by atoms with Gasteiger partial charge < -0.3 is 10.6 Å². The third kappa shape index (κ3) is 6.66. The van der Waals surface area contributed by atoms with Crippen molar-refractivity contribution < 1.29 is 8.42 Å². The van der Waals surface area contributed by atoms with Crippen molar-refractivity contribution in [2.24, 2.45) is 4.99 Å². The van der Waals surface area contributed by atoms with Gasteiger partial charge in [0, 0.05) is 29.4 Å². The molecule has 0 saturated carbocycles. The van der Waals surface area contributed by atoms with Crippen LogP contribution in [0.3, 0.4) is 0 Å². The topological polar surface area (TPSA) is 73.8 Å². The van der Waals surface area contributed by atoms with E-state index in [4.69, 9.17) is 0 Å². The van der Waals surface area contributed by atoms with Crippen LogP contribution in [-0.2, 0) is 23.1 Å². The zero-order valence-corrected chi connectivity index (χ0v) is 21.5. The molecular weight excluding hydrogens is 531 g/mol. The average molecular weight is 563 g/mol. The van der Waals surface area contributed by atoms with Crippen LogP contribution >= 0.6 is 35.3 Å². The lowest BCUT2D eigenvalue weighted by Crippen LogP contribution is -2.37. The van der Waals surface area contributed by atoms with E-state index in [2.05, 4.69) is 34.7 Å². The highest BCUT2D eigenvalue weighted by molar-refractivity contribution is 14.0. The number of sulfonamides is 1. The third-order valence-corrected chi connectivity index (χ3v) is 7.88. The summed E-state index contributed by atoms with van der Waals surface area (Å²) < 4.78 is 27.9. The van der Waals surface area contributed by atoms with Crippen LogP contribution in [0.4, 0.5) is 0 Å². The molecule has 1 fully saturated rings. The van der Waals surface area contributed by atoms with Gasteiger partial charge >= 0.3 is 0 Å². The molecule has 0 unspecified atom stereocenters. The monoisotopic (exact) mass is 562 g/mol. The molecule has 166 valence electrons. The van der Waals surface area contributed by atoms with Gasteiger partial charge in [0.1, 0.15) is 0 Å². The smallest absolute Gasteiger partial charge is 0.243 e. The van der Waals surface area contributed by atoms with Gasteiger partial charge in [-0.25, -0.2) is 13.4 Å². The summed E-state index contributed by atoms with van der Waals surface area (Å²) in [6.45, 7) is 7.05. The van der Waals surface area contributed by atoms with Crippen molar-refractivity contribution in [2.45, 2.75) is 51.1 Å². The molecule has 30 heavy (non-hydrogen) atoms. The minimum Gasteiger partial charge on any atom is -0.357 e. The number of halogens is 1. The Hall–Kier alpha value is -1.17. The first-order valence-electron chi connectivity index (χ1n) is 10.2. The van der Waals surface area contributed by atoms with E-state index >= 15 is 0 Å². The van der Waals surface area contributed by atoms with Gasteiger partial charge in [0.15, 0.2) is 5.96 Å². The van der Waals surface area contributed by atoms with Gasteiger partial charge in [-0.3, -0.25) is 0 Å². The van der Waals surface area contributed by atoms with Crippen LogP contribution in [0.2, 0.25) is 0 Å². The Morgan fingerprint density at radius 2 is 1.83 bits per heavy atom. The Balaban J connectivity index is 0.00000320. The molecule has 0 aliphatic carbocycles. The number of nitrogens with one attached hydrogen (secondary N) is 2. The van der Waals surface area contributed by atoms with E-state index in [1.165, 1.54) is 9.75 Å². The second kappa shape index (κ2) is 12.0. The molecule has 1 aromatic heterocycles. The first-order chi connectivity index (χ1) is 14.0. The fourth-order valence-corrected chi connectivity index (χ4v) is 5.95. The van der Waals surface area contributed by atoms with Crippen molar-refractivity contribution in [1.82, 2.24) is 14.9 Å². The molecule has 2 N–H and O–H groups in total. The molecule has 0 spiro atoms. The molecule has 0 atom stereocenters. The first kappa shape index (κ1) is 25.1. The molecule has 2 heterocycles. The first-order valence-corrected chi connectivity index (χ1v) is 12.4. The minimum atomic E-state index is -3.48. The van der Waals surface area contributed by atoms with E-state index in [-0.39, 0.29) is 24.0 Å². The SMILES string of the molecule is CCNC(=NCc1ccccc1S(=O)(=O)N1CCCCC1)NCc1ccc(C)s1.I. The summed E-state index contributed by atoms with van der Waals surface area (Å²) in [6, 6.07) is 11.4. The van der Waals surface area contributed by atoms with Crippen LogP contribution in [0, 0.1) is 6.92 Å². The summed E-state index contributed by atoms with van der Waals surface area (Å²) >= 11 is 1.75. The second-order valence-corrected chi connectivity index (χ2v) is 10.4. The Bertz CT molecular complexity index is 938. The maximum atomic E-state index is 13.1. The summed E-state index contributed by atoms with van der Waals surface area (Å²) in [5.74, 6) is 0.684. The fraction of sp³-hybridized carbons (Fsp3) is 0.476. The fourth-order valence-electron chi connectivity index (χ4n) is 3.39. The third-order valence-electron chi connectivity index (χ3n) is 4.88. The highest BCUT2D eigenvalue weighted by Crippen LogP contribution is 2.24. The van der Waals surface area contributed by atoms with E-state index in [1.807, 2.05) is 19.1 Å². The van der Waals surface area contributed by atoms with Crippen molar-refractivity contribution in [3.05, 3.63) is 51.7 Å². The van der Waals surface area contributed by atoms with Gasteiger partial charge in [-0.2, -0.15) is 4.31 Å². The number of guanidine groups is 1. The average Bonchev–Trinajstić information content (AvgIpc) is 3.16. The number of rotatable bonds is 7. The van der Waals surface area contributed by atoms with Gasteiger partial charge in [-0.05, 0) is 50.5 Å². The molecular formula is C21H31IN4O2S2. The number of hydrogen-bond donors (Lipinski definition) is 2. The number of piperidine rings is 1. The molecule has 6 nitrogen and oxygen atoms in total. The van der Waals surface area contributed by atoms with Crippen LogP contribution in [0.1, 0.15) is 41.5 Å². The Morgan fingerprint density at radius 3 is 2.50 bits per heavy atom. The molecule has 1 aromatic carbocycles. The summed E-state index contributed by atoms with van der Waals surface area (Å²) in [5, 5.41) is 6.57. The van der Waals surface area contributed by atoms with Gasteiger partial charge in [0.25, 0.3) is 0 Å². The van der Waals surface area contributed by atoms with Gasteiger partial charge in [0.05, 0.1) is 18.0 Å². The molecule has 9 heteroatoms. The molecule has 3 rings (SSSR count). The maximum Gasteiger partial charge on any atom is 0.243 e. The largest absolute Gasteiger partial charge is 0.357 e. The quantitative estimate of drug-likeness (QED) is 0.303. The summed E-state index contributed by atoms with van der Waals surface area (Å²) in [5.41, 5.74) is 0.724. The van der Waals surface area contributed by atoms with Crippen molar-refractivity contribution in [2.75, 3.05) is 19.6 Å². The van der Waals surface area contributed by atoms with E-state index in [0.29, 0.717) is 37.0 Å². The molecule has 0 bridgehead atoms. The molecule has 0 radical (unpaired) electrons. The highest BCUT2D eigenvalue weighted by atomic mass is 127. The van der Waals surface area contributed by atoms with Crippen LogP contribution in [-0.4, -0.2) is 38.3 Å². The minimum absolute atomic E-state index is 0. The summed E-state index contributed by atoms with van der Waals surface area (Å²) in [4.78, 5) is 7.53. The number of aliphatic imine (C=N–C) groups is 1.